The Balaban J connectivity index is 2.36. The van der Waals surface area contributed by atoms with Crippen molar-refractivity contribution in [3.8, 4) is 6.01 Å². The zero-order chi connectivity index (χ0) is 10.8. The van der Waals surface area contributed by atoms with Gasteiger partial charge < -0.3 is 9.84 Å². The lowest BCUT2D eigenvalue weighted by Crippen LogP contribution is -2.11. The number of rotatable bonds is 3. The van der Waals surface area contributed by atoms with E-state index in [1.165, 1.54) is 0 Å². The molecule has 78 valence electrons. The van der Waals surface area contributed by atoms with Crippen LogP contribution in [0, 0.1) is 0 Å². The Morgan fingerprint density at radius 1 is 1.53 bits per heavy atom. The van der Waals surface area contributed by atoms with Crippen molar-refractivity contribution in [2.24, 2.45) is 7.05 Å². The van der Waals surface area contributed by atoms with Crippen molar-refractivity contribution in [2.45, 2.75) is 0 Å². The van der Waals surface area contributed by atoms with Crippen molar-refractivity contribution in [1.82, 2.24) is 9.55 Å². The zero-order valence-electron chi connectivity index (χ0n) is 8.17. The number of aliphatic carboxylic acids is 1. The maximum absolute atomic E-state index is 10.3. The van der Waals surface area contributed by atoms with Crippen molar-refractivity contribution in [3.05, 3.63) is 24.3 Å². The summed E-state index contributed by atoms with van der Waals surface area (Å²) in [7, 11) is 1.78. The number of carboxylic acids is 1. The molecule has 0 amide bonds. The molecule has 0 unspecified atom stereocenters. The Hall–Kier alpha value is -2.04. The van der Waals surface area contributed by atoms with Gasteiger partial charge in [0.2, 0.25) is 0 Å². The second-order valence-electron chi connectivity index (χ2n) is 3.12. The molecule has 0 saturated heterocycles. The standard InChI is InChI=1S/C10H10N2O3/c1-12-8-5-3-2-4-7(8)11-10(12)15-6-9(13)14/h2-5H,6H2,1H3,(H,13,14). The van der Waals surface area contributed by atoms with Gasteiger partial charge in [0.15, 0.2) is 6.61 Å². The number of aromatic nitrogens is 2. The number of nitrogens with zero attached hydrogens (tertiary/aromatic N) is 2. The van der Waals surface area contributed by atoms with Crippen molar-refractivity contribution in [3.63, 3.8) is 0 Å². The van der Waals surface area contributed by atoms with Gasteiger partial charge in [-0.25, -0.2) is 4.79 Å². The SMILES string of the molecule is Cn1c(OCC(=O)O)nc2ccccc21. The minimum atomic E-state index is -1.01. The fourth-order valence-electron chi connectivity index (χ4n) is 1.38. The third-order valence-electron chi connectivity index (χ3n) is 2.07. The average Bonchev–Trinajstić information content (AvgIpc) is 2.54. The van der Waals surface area contributed by atoms with Crippen LogP contribution in [-0.2, 0) is 11.8 Å². The summed E-state index contributed by atoms with van der Waals surface area (Å²) < 4.78 is 6.76. The first-order valence-electron chi connectivity index (χ1n) is 4.44. The molecule has 0 atom stereocenters. The number of carboxylic acid groups (broad SMARTS) is 1. The molecular formula is C10H10N2O3. The highest BCUT2D eigenvalue weighted by atomic mass is 16.5. The van der Waals surface area contributed by atoms with Crippen LogP contribution in [0.5, 0.6) is 6.01 Å². The van der Waals surface area contributed by atoms with Gasteiger partial charge in [0.25, 0.3) is 6.01 Å². The van der Waals surface area contributed by atoms with Gasteiger partial charge in [-0.2, -0.15) is 4.98 Å². The predicted octanol–water partition coefficient (Wildman–Crippen LogP) is 1.04. The summed E-state index contributed by atoms with van der Waals surface area (Å²) in [5.41, 5.74) is 1.71. The van der Waals surface area contributed by atoms with Crippen molar-refractivity contribution < 1.29 is 14.6 Å². The highest BCUT2D eigenvalue weighted by molar-refractivity contribution is 5.76. The first-order valence-corrected chi connectivity index (χ1v) is 4.44. The molecule has 1 heterocycles. The number of hydrogen-bond acceptors (Lipinski definition) is 3. The molecule has 1 aromatic carbocycles. The van der Waals surface area contributed by atoms with E-state index in [0.29, 0.717) is 6.01 Å². The van der Waals surface area contributed by atoms with Gasteiger partial charge in [0.05, 0.1) is 11.0 Å². The van der Waals surface area contributed by atoms with E-state index in [-0.39, 0.29) is 6.61 Å². The lowest BCUT2D eigenvalue weighted by atomic mass is 10.3. The third-order valence-corrected chi connectivity index (χ3v) is 2.07. The molecule has 0 radical (unpaired) electrons. The molecule has 0 aliphatic carbocycles. The van der Waals surface area contributed by atoms with Gasteiger partial charge >= 0.3 is 5.97 Å². The summed E-state index contributed by atoms with van der Waals surface area (Å²) in [5.74, 6) is -1.01. The normalized spacial score (nSPS) is 10.5. The Bertz CT molecular complexity index is 504. The molecular weight excluding hydrogens is 196 g/mol. The number of aryl methyl sites for hydroxylation is 1. The van der Waals surface area contributed by atoms with Gasteiger partial charge in [0.1, 0.15) is 0 Å². The van der Waals surface area contributed by atoms with Crippen LogP contribution in [0.1, 0.15) is 0 Å². The molecule has 0 bridgehead atoms. The molecule has 5 heteroatoms. The van der Waals surface area contributed by atoms with Crippen molar-refractivity contribution >= 4 is 17.0 Å². The number of ether oxygens (including phenoxy) is 1. The van der Waals surface area contributed by atoms with Crippen LogP contribution in [0.2, 0.25) is 0 Å². The largest absolute Gasteiger partial charge is 0.479 e. The van der Waals surface area contributed by atoms with E-state index in [4.69, 9.17) is 9.84 Å². The number of carbonyl (C=O) groups is 1. The van der Waals surface area contributed by atoms with Crippen molar-refractivity contribution in [1.29, 1.82) is 0 Å². The maximum Gasteiger partial charge on any atom is 0.341 e. The molecule has 1 N–H and O–H groups in total. The van der Waals surface area contributed by atoms with E-state index in [0.717, 1.165) is 11.0 Å². The zero-order valence-corrected chi connectivity index (χ0v) is 8.17. The van der Waals surface area contributed by atoms with Gasteiger partial charge in [-0.3, -0.25) is 4.57 Å². The van der Waals surface area contributed by atoms with Crippen LogP contribution in [0.15, 0.2) is 24.3 Å². The van der Waals surface area contributed by atoms with Gasteiger partial charge in [-0.1, -0.05) is 12.1 Å². The van der Waals surface area contributed by atoms with E-state index in [1.807, 2.05) is 24.3 Å². The molecule has 5 nitrogen and oxygen atoms in total. The van der Waals surface area contributed by atoms with Crippen LogP contribution >= 0.6 is 0 Å². The number of hydrogen-bond donors (Lipinski definition) is 1. The van der Waals surface area contributed by atoms with E-state index in [2.05, 4.69) is 4.98 Å². The summed E-state index contributed by atoms with van der Waals surface area (Å²) in [6, 6.07) is 7.83. The molecule has 0 aliphatic heterocycles. The number of fused-ring (bicyclic) bond motifs is 1. The highest BCUT2D eigenvalue weighted by Gasteiger charge is 2.08. The first kappa shape index (κ1) is 9.51. The summed E-state index contributed by atoms with van der Waals surface area (Å²) in [5, 5.41) is 8.48. The van der Waals surface area contributed by atoms with E-state index < -0.39 is 5.97 Å². The third kappa shape index (κ3) is 1.76. The van der Waals surface area contributed by atoms with Crippen LogP contribution in [0.25, 0.3) is 11.0 Å². The smallest absolute Gasteiger partial charge is 0.341 e. The quantitative estimate of drug-likeness (QED) is 0.814. The van der Waals surface area contributed by atoms with Gasteiger partial charge in [0, 0.05) is 7.05 Å². The minimum absolute atomic E-state index is 0.318. The van der Waals surface area contributed by atoms with E-state index >= 15 is 0 Å². The topological polar surface area (TPSA) is 64.3 Å². The second-order valence-corrected chi connectivity index (χ2v) is 3.12. The van der Waals surface area contributed by atoms with E-state index in [9.17, 15) is 4.79 Å². The molecule has 0 saturated carbocycles. The number of benzene rings is 1. The molecule has 2 rings (SSSR count). The molecule has 0 fully saturated rings. The summed E-state index contributed by atoms with van der Waals surface area (Å²) in [6.07, 6.45) is 0. The van der Waals surface area contributed by atoms with Gasteiger partial charge in [-0.05, 0) is 12.1 Å². The molecule has 0 spiro atoms. The summed E-state index contributed by atoms with van der Waals surface area (Å²) in [4.78, 5) is 14.5. The molecule has 2 aromatic rings. The minimum Gasteiger partial charge on any atom is -0.479 e. The second kappa shape index (κ2) is 3.61. The van der Waals surface area contributed by atoms with Crippen LogP contribution in [-0.4, -0.2) is 27.2 Å². The number of imidazole rings is 1. The lowest BCUT2D eigenvalue weighted by molar-refractivity contribution is -0.139. The number of para-hydroxylation sites is 2. The Kier molecular flexibility index (Phi) is 2.29. The van der Waals surface area contributed by atoms with Crippen molar-refractivity contribution in [2.75, 3.05) is 6.61 Å². The fraction of sp³-hybridized carbons (Fsp3) is 0.200. The Morgan fingerprint density at radius 3 is 2.93 bits per heavy atom. The summed E-state index contributed by atoms with van der Waals surface area (Å²) >= 11 is 0. The maximum atomic E-state index is 10.3. The van der Waals surface area contributed by atoms with E-state index in [1.54, 1.807) is 11.6 Å². The highest BCUT2D eigenvalue weighted by Crippen LogP contribution is 2.18. The molecule has 0 aliphatic rings. The summed E-state index contributed by atoms with van der Waals surface area (Å²) in [6.45, 7) is -0.378. The van der Waals surface area contributed by atoms with Crippen LogP contribution < -0.4 is 4.74 Å². The van der Waals surface area contributed by atoms with Crippen LogP contribution in [0.4, 0.5) is 0 Å². The Morgan fingerprint density at radius 2 is 2.27 bits per heavy atom. The fourth-order valence-corrected chi connectivity index (χ4v) is 1.38. The Labute approximate surface area is 85.9 Å². The van der Waals surface area contributed by atoms with Gasteiger partial charge in [-0.15, -0.1) is 0 Å². The van der Waals surface area contributed by atoms with Crippen LogP contribution in [0.3, 0.4) is 0 Å². The average molecular weight is 206 g/mol. The first-order chi connectivity index (χ1) is 7.18. The molecule has 15 heavy (non-hydrogen) atoms. The lowest BCUT2D eigenvalue weighted by Gasteiger charge is -2.01. The monoisotopic (exact) mass is 206 g/mol. The molecule has 1 aromatic heterocycles. The predicted molar refractivity (Wildman–Crippen MR) is 53.8 cm³/mol.